The first kappa shape index (κ1) is 11.8. The molecule has 0 saturated heterocycles. The predicted octanol–water partition coefficient (Wildman–Crippen LogP) is 2.44. The highest BCUT2D eigenvalue weighted by atomic mass is 16.5. The van der Waals surface area contributed by atoms with Crippen molar-refractivity contribution in [1.82, 2.24) is 4.98 Å². The van der Waals surface area contributed by atoms with Crippen molar-refractivity contribution in [2.45, 2.75) is 0 Å². The van der Waals surface area contributed by atoms with E-state index < -0.39 is 0 Å². The number of pyridine rings is 1. The second kappa shape index (κ2) is 5.11. The van der Waals surface area contributed by atoms with Crippen molar-refractivity contribution in [1.29, 1.82) is 5.26 Å². The molecule has 0 bridgehead atoms. The zero-order chi connectivity index (χ0) is 13.0. The number of methoxy groups -OCH3 is 1. The van der Waals surface area contributed by atoms with Gasteiger partial charge in [-0.3, -0.25) is 9.78 Å². The minimum Gasteiger partial charge on any atom is -0.496 e. The number of carbonyl (C=O) groups excluding carboxylic acids is 1. The van der Waals surface area contributed by atoms with Crippen LogP contribution in [0.2, 0.25) is 0 Å². The Balaban J connectivity index is 2.61. The van der Waals surface area contributed by atoms with E-state index in [1.165, 1.54) is 6.20 Å². The van der Waals surface area contributed by atoms with Gasteiger partial charge in [-0.2, -0.15) is 5.26 Å². The van der Waals surface area contributed by atoms with Crippen LogP contribution in [-0.2, 0) is 0 Å². The summed E-state index contributed by atoms with van der Waals surface area (Å²) in [6.45, 7) is 0. The molecule has 1 heterocycles. The van der Waals surface area contributed by atoms with Gasteiger partial charge >= 0.3 is 0 Å². The van der Waals surface area contributed by atoms with Crippen molar-refractivity contribution < 1.29 is 9.53 Å². The Kier molecular flexibility index (Phi) is 3.35. The van der Waals surface area contributed by atoms with Gasteiger partial charge in [0, 0.05) is 29.1 Å². The number of nitrogens with zero attached hydrogens (tertiary/aromatic N) is 2. The topological polar surface area (TPSA) is 63.0 Å². The van der Waals surface area contributed by atoms with E-state index in [9.17, 15) is 4.79 Å². The molecule has 0 fully saturated rings. The third-order valence-corrected chi connectivity index (χ3v) is 2.54. The molecule has 0 aliphatic carbocycles. The number of ether oxygens (including phenoxy) is 1. The lowest BCUT2D eigenvalue weighted by molar-refractivity contribution is 0.112. The highest BCUT2D eigenvalue weighted by molar-refractivity contribution is 5.79. The molecule has 0 saturated carbocycles. The number of aromatic nitrogens is 1. The summed E-state index contributed by atoms with van der Waals surface area (Å²) in [7, 11) is 1.56. The predicted molar refractivity (Wildman–Crippen MR) is 66.3 cm³/mol. The maximum absolute atomic E-state index is 10.7. The van der Waals surface area contributed by atoms with Crippen LogP contribution in [0, 0.1) is 11.3 Å². The summed E-state index contributed by atoms with van der Waals surface area (Å²) in [5.74, 6) is 0.638. The van der Waals surface area contributed by atoms with Gasteiger partial charge in [-0.05, 0) is 24.3 Å². The van der Waals surface area contributed by atoms with Crippen molar-refractivity contribution in [2.24, 2.45) is 0 Å². The lowest BCUT2D eigenvalue weighted by Crippen LogP contribution is -1.91. The van der Waals surface area contributed by atoms with E-state index >= 15 is 0 Å². The first-order valence-electron chi connectivity index (χ1n) is 5.27. The average molecular weight is 238 g/mol. The van der Waals surface area contributed by atoms with E-state index in [0.29, 0.717) is 16.9 Å². The molecule has 0 aliphatic rings. The van der Waals surface area contributed by atoms with Crippen LogP contribution in [-0.4, -0.2) is 18.4 Å². The molecule has 0 amide bonds. The minimum atomic E-state index is 0.483. The van der Waals surface area contributed by atoms with Gasteiger partial charge in [0.05, 0.1) is 18.7 Å². The molecular weight excluding hydrogens is 228 g/mol. The largest absolute Gasteiger partial charge is 0.496 e. The fraction of sp³-hybridized carbons (Fsp3) is 0.0714. The second-order valence-corrected chi connectivity index (χ2v) is 3.65. The summed E-state index contributed by atoms with van der Waals surface area (Å²) in [5.41, 5.74) is 2.50. The van der Waals surface area contributed by atoms with Crippen molar-refractivity contribution in [2.75, 3.05) is 7.11 Å². The Morgan fingerprint density at radius 3 is 2.83 bits per heavy atom. The standard InChI is InChI=1S/C14H10N2O2/c1-18-14-3-2-10(6-15)5-13(14)12-4-11(9-17)7-16-8-12/h2-5,7-9H,1H3. The van der Waals surface area contributed by atoms with Gasteiger partial charge in [0.25, 0.3) is 0 Å². The summed E-state index contributed by atoms with van der Waals surface area (Å²) >= 11 is 0. The van der Waals surface area contributed by atoms with Gasteiger partial charge in [0.2, 0.25) is 0 Å². The first-order chi connectivity index (χ1) is 8.78. The SMILES string of the molecule is COc1ccc(C#N)cc1-c1cncc(C=O)c1. The number of benzene rings is 1. The van der Waals surface area contributed by atoms with Gasteiger partial charge in [0.1, 0.15) is 5.75 Å². The number of nitriles is 1. The van der Waals surface area contributed by atoms with E-state index in [-0.39, 0.29) is 0 Å². The molecule has 0 radical (unpaired) electrons. The maximum Gasteiger partial charge on any atom is 0.151 e. The summed E-state index contributed by atoms with van der Waals surface area (Å²) in [6, 6.07) is 8.90. The highest BCUT2D eigenvalue weighted by Gasteiger charge is 2.08. The fourth-order valence-electron chi connectivity index (χ4n) is 1.67. The third kappa shape index (κ3) is 2.20. The van der Waals surface area contributed by atoms with E-state index in [0.717, 1.165) is 17.4 Å². The van der Waals surface area contributed by atoms with Crippen LogP contribution >= 0.6 is 0 Å². The van der Waals surface area contributed by atoms with Crippen LogP contribution in [0.4, 0.5) is 0 Å². The quantitative estimate of drug-likeness (QED) is 0.770. The highest BCUT2D eigenvalue weighted by Crippen LogP contribution is 2.30. The smallest absolute Gasteiger partial charge is 0.151 e. The zero-order valence-corrected chi connectivity index (χ0v) is 9.75. The summed E-state index contributed by atoms with van der Waals surface area (Å²) in [6.07, 6.45) is 3.85. The summed E-state index contributed by atoms with van der Waals surface area (Å²) < 4.78 is 5.25. The van der Waals surface area contributed by atoms with Crippen molar-refractivity contribution in [3.63, 3.8) is 0 Å². The summed E-state index contributed by atoms with van der Waals surface area (Å²) in [5, 5.41) is 8.91. The van der Waals surface area contributed by atoms with Gasteiger partial charge in [-0.1, -0.05) is 0 Å². The molecule has 2 aromatic rings. The Hall–Kier alpha value is -2.67. The molecule has 2 rings (SSSR count). The van der Waals surface area contributed by atoms with E-state index in [4.69, 9.17) is 10.00 Å². The van der Waals surface area contributed by atoms with E-state index in [1.54, 1.807) is 37.6 Å². The van der Waals surface area contributed by atoms with Gasteiger partial charge < -0.3 is 4.74 Å². The lowest BCUT2D eigenvalue weighted by Gasteiger charge is -2.08. The Morgan fingerprint density at radius 1 is 1.33 bits per heavy atom. The molecule has 0 spiro atoms. The molecule has 4 nitrogen and oxygen atoms in total. The second-order valence-electron chi connectivity index (χ2n) is 3.65. The molecule has 0 unspecified atom stereocenters. The van der Waals surface area contributed by atoms with Crippen molar-refractivity contribution in [3.8, 4) is 22.9 Å². The van der Waals surface area contributed by atoms with E-state index in [2.05, 4.69) is 11.1 Å². The Bertz CT molecular complexity index is 630. The Morgan fingerprint density at radius 2 is 2.17 bits per heavy atom. The third-order valence-electron chi connectivity index (χ3n) is 2.54. The van der Waals surface area contributed by atoms with Gasteiger partial charge in [-0.15, -0.1) is 0 Å². The van der Waals surface area contributed by atoms with Crippen LogP contribution < -0.4 is 4.74 Å². The van der Waals surface area contributed by atoms with Crippen molar-refractivity contribution >= 4 is 6.29 Å². The van der Waals surface area contributed by atoms with Crippen LogP contribution in [0.3, 0.4) is 0 Å². The van der Waals surface area contributed by atoms with E-state index in [1.807, 2.05) is 0 Å². The monoisotopic (exact) mass is 238 g/mol. The minimum absolute atomic E-state index is 0.483. The van der Waals surface area contributed by atoms with Gasteiger partial charge in [-0.25, -0.2) is 0 Å². The zero-order valence-electron chi connectivity index (χ0n) is 9.75. The van der Waals surface area contributed by atoms with Crippen molar-refractivity contribution in [3.05, 3.63) is 47.8 Å². The molecule has 0 N–H and O–H groups in total. The van der Waals surface area contributed by atoms with Crippen LogP contribution in [0.15, 0.2) is 36.7 Å². The normalized spacial score (nSPS) is 9.56. The lowest BCUT2D eigenvalue weighted by atomic mass is 10.0. The molecule has 0 aliphatic heterocycles. The molecule has 4 heteroatoms. The Labute approximate surface area is 104 Å². The molecule has 88 valence electrons. The number of aldehydes is 1. The molecule has 0 atom stereocenters. The summed E-state index contributed by atoms with van der Waals surface area (Å²) in [4.78, 5) is 14.7. The molecule has 18 heavy (non-hydrogen) atoms. The van der Waals surface area contributed by atoms with Crippen LogP contribution in [0.25, 0.3) is 11.1 Å². The average Bonchev–Trinajstić information content (AvgIpc) is 2.46. The number of rotatable bonds is 3. The number of hydrogen-bond donors (Lipinski definition) is 0. The fourth-order valence-corrected chi connectivity index (χ4v) is 1.67. The van der Waals surface area contributed by atoms with Gasteiger partial charge in [0.15, 0.2) is 6.29 Å². The number of hydrogen-bond acceptors (Lipinski definition) is 4. The van der Waals surface area contributed by atoms with Crippen LogP contribution in [0.1, 0.15) is 15.9 Å². The molecule has 1 aromatic carbocycles. The van der Waals surface area contributed by atoms with Crippen LogP contribution in [0.5, 0.6) is 5.75 Å². The molecular formula is C14H10N2O2. The number of carbonyl (C=O) groups is 1. The first-order valence-corrected chi connectivity index (χ1v) is 5.27. The maximum atomic E-state index is 10.7. The molecule has 1 aromatic heterocycles.